The molecular weight excluding hydrogens is 506 g/mol. The Morgan fingerprint density at radius 3 is 2.23 bits per heavy atom. The number of rotatable bonds is 13. The molecule has 39 heavy (non-hydrogen) atoms. The van der Waals surface area contributed by atoms with Gasteiger partial charge in [-0.3, -0.25) is 0 Å². The number of carbonyl (C=O) groups excluding carboxylic acids is 2. The minimum absolute atomic E-state index is 0.0774. The van der Waals surface area contributed by atoms with Crippen LogP contribution in [-0.2, 0) is 14.3 Å². The van der Waals surface area contributed by atoms with Crippen molar-refractivity contribution >= 4 is 29.4 Å². The summed E-state index contributed by atoms with van der Waals surface area (Å²) < 4.78 is 44.7. The lowest BCUT2D eigenvalue weighted by Crippen LogP contribution is -2.37. The van der Waals surface area contributed by atoms with Crippen molar-refractivity contribution in [2.75, 3.05) is 24.7 Å². The van der Waals surface area contributed by atoms with E-state index in [1.807, 2.05) is 0 Å². The maximum atomic E-state index is 14.8. The number of hydrogen-bond donors (Lipinski definition) is 2. The molecule has 0 atom stereocenters. The van der Waals surface area contributed by atoms with Crippen molar-refractivity contribution in [3.8, 4) is 5.75 Å². The third-order valence-corrected chi connectivity index (χ3v) is 6.86. The van der Waals surface area contributed by atoms with Gasteiger partial charge in [0.15, 0.2) is 0 Å². The standard InChI is InChI=1S/C30H38F2N2O5/c1-2-3-4-5-21-6-11-24(12-7-21)30(31,32)39-27-13-8-22(9-14-27)10-15-28(35)37-16-17-38-29(36)23-18-25(33)20-26(34)19-23/h8-10,13-15,18-21,24H,2-7,11-12,16-17,33-34H2,1H3. The smallest absolute Gasteiger partial charge is 0.400 e. The van der Waals surface area contributed by atoms with Gasteiger partial charge in [0.05, 0.1) is 11.5 Å². The highest BCUT2D eigenvalue weighted by atomic mass is 19.3. The van der Waals surface area contributed by atoms with E-state index < -0.39 is 24.0 Å². The Morgan fingerprint density at radius 2 is 1.59 bits per heavy atom. The van der Waals surface area contributed by atoms with Crippen molar-refractivity contribution in [1.29, 1.82) is 0 Å². The molecule has 1 aliphatic carbocycles. The van der Waals surface area contributed by atoms with Crippen molar-refractivity contribution in [3.05, 3.63) is 59.7 Å². The number of carbonyl (C=O) groups is 2. The maximum Gasteiger partial charge on any atom is 0.400 e. The first-order valence-corrected chi connectivity index (χ1v) is 13.5. The van der Waals surface area contributed by atoms with E-state index in [9.17, 15) is 18.4 Å². The largest absolute Gasteiger partial charge is 0.459 e. The molecule has 0 unspecified atom stereocenters. The van der Waals surface area contributed by atoms with E-state index in [4.69, 9.17) is 25.7 Å². The number of nitrogen functional groups attached to an aromatic ring is 2. The zero-order valence-corrected chi connectivity index (χ0v) is 22.4. The number of nitrogens with two attached hydrogens (primary N) is 2. The van der Waals surface area contributed by atoms with E-state index in [1.165, 1.54) is 61.7 Å². The number of benzene rings is 2. The molecule has 7 nitrogen and oxygen atoms in total. The van der Waals surface area contributed by atoms with Crippen LogP contribution in [0, 0.1) is 11.8 Å². The molecule has 4 N–H and O–H groups in total. The average molecular weight is 545 g/mol. The van der Waals surface area contributed by atoms with E-state index in [0.29, 0.717) is 35.7 Å². The Hall–Kier alpha value is -3.62. The van der Waals surface area contributed by atoms with E-state index in [1.54, 1.807) is 12.1 Å². The van der Waals surface area contributed by atoms with Gasteiger partial charge >= 0.3 is 18.0 Å². The molecule has 0 aromatic heterocycles. The molecule has 9 heteroatoms. The second-order valence-electron chi connectivity index (χ2n) is 9.97. The van der Waals surface area contributed by atoms with E-state index >= 15 is 0 Å². The van der Waals surface area contributed by atoms with Gasteiger partial charge in [0.2, 0.25) is 0 Å². The van der Waals surface area contributed by atoms with Gasteiger partial charge in [-0.05, 0) is 73.6 Å². The predicted molar refractivity (Wildman–Crippen MR) is 147 cm³/mol. The van der Waals surface area contributed by atoms with Gasteiger partial charge in [0.1, 0.15) is 19.0 Å². The molecule has 0 spiro atoms. The normalized spacial score (nSPS) is 17.6. The minimum Gasteiger partial charge on any atom is -0.459 e. The zero-order chi connectivity index (χ0) is 28.3. The second kappa shape index (κ2) is 14.5. The predicted octanol–water partition coefficient (Wildman–Crippen LogP) is 6.62. The SMILES string of the molecule is CCCCCC1CCC(C(F)(F)Oc2ccc(C=CC(=O)OCCOC(=O)c3cc(N)cc(N)c3)cc2)CC1. The van der Waals surface area contributed by atoms with Crippen LogP contribution < -0.4 is 16.2 Å². The summed E-state index contributed by atoms with van der Waals surface area (Å²) in [5.41, 5.74) is 12.8. The van der Waals surface area contributed by atoms with E-state index in [2.05, 4.69) is 6.92 Å². The number of halogens is 2. The highest BCUT2D eigenvalue weighted by molar-refractivity contribution is 5.91. The quantitative estimate of drug-likeness (QED) is 0.126. The maximum absolute atomic E-state index is 14.8. The molecule has 0 aliphatic heterocycles. The summed E-state index contributed by atoms with van der Waals surface area (Å²) in [6, 6.07) is 10.5. The van der Waals surface area contributed by atoms with Gasteiger partial charge in [-0.1, -0.05) is 44.7 Å². The van der Waals surface area contributed by atoms with Gasteiger partial charge in [-0.2, -0.15) is 8.78 Å². The average Bonchev–Trinajstić information content (AvgIpc) is 2.90. The van der Waals surface area contributed by atoms with Crippen LogP contribution in [0.5, 0.6) is 5.75 Å². The minimum atomic E-state index is -3.22. The lowest BCUT2D eigenvalue weighted by molar-refractivity contribution is -0.223. The molecule has 1 aliphatic rings. The summed E-state index contributed by atoms with van der Waals surface area (Å²) in [4.78, 5) is 24.0. The zero-order valence-electron chi connectivity index (χ0n) is 22.4. The van der Waals surface area contributed by atoms with Crippen LogP contribution in [0.4, 0.5) is 20.2 Å². The van der Waals surface area contributed by atoms with E-state index in [-0.39, 0.29) is 24.5 Å². The summed E-state index contributed by atoms with van der Waals surface area (Å²) in [6.07, 6.45) is 6.74. The molecule has 0 heterocycles. The lowest BCUT2D eigenvalue weighted by Gasteiger charge is -2.33. The molecule has 2 aromatic rings. The third kappa shape index (κ3) is 9.89. The topological polar surface area (TPSA) is 114 Å². The Balaban J connectivity index is 1.38. The van der Waals surface area contributed by atoms with Crippen LogP contribution in [0.1, 0.15) is 74.2 Å². The van der Waals surface area contributed by atoms with Crippen molar-refractivity contribution in [3.63, 3.8) is 0 Å². The molecule has 0 bridgehead atoms. The third-order valence-electron chi connectivity index (χ3n) is 6.86. The van der Waals surface area contributed by atoms with Gasteiger partial charge in [0.25, 0.3) is 0 Å². The highest BCUT2D eigenvalue weighted by Crippen LogP contribution is 2.41. The van der Waals surface area contributed by atoms with Crippen molar-refractivity contribution in [1.82, 2.24) is 0 Å². The Morgan fingerprint density at radius 1 is 0.949 bits per heavy atom. The number of unbranched alkanes of at least 4 members (excludes halogenated alkanes) is 2. The molecule has 1 fully saturated rings. The Bertz CT molecular complexity index is 1090. The Kier molecular flexibility index (Phi) is 11.1. The van der Waals surface area contributed by atoms with Crippen LogP contribution in [0.2, 0.25) is 0 Å². The summed E-state index contributed by atoms with van der Waals surface area (Å²) in [7, 11) is 0. The number of hydrogen-bond acceptors (Lipinski definition) is 7. The molecule has 3 rings (SSSR count). The number of ether oxygens (including phenoxy) is 3. The van der Waals surface area contributed by atoms with Gasteiger partial charge in [-0.15, -0.1) is 0 Å². The number of esters is 2. The van der Waals surface area contributed by atoms with Crippen molar-refractivity contribution < 1.29 is 32.6 Å². The highest BCUT2D eigenvalue weighted by Gasteiger charge is 2.43. The van der Waals surface area contributed by atoms with Gasteiger partial charge < -0.3 is 25.7 Å². The van der Waals surface area contributed by atoms with Crippen molar-refractivity contribution in [2.45, 2.75) is 64.4 Å². The number of alkyl halides is 2. The van der Waals surface area contributed by atoms with Crippen LogP contribution in [0.25, 0.3) is 6.08 Å². The number of anilines is 2. The Labute approximate surface area is 228 Å². The first-order valence-electron chi connectivity index (χ1n) is 13.5. The van der Waals surface area contributed by atoms with Crippen LogP contribution in [0.15, 0.2) is 48.5 Å². The summed E-state index contributed by atoms with van der Waals surface area (Å²) >= 11 is 0. The molecule has 1 saturated carbocycles. The fourth-order valence-corrected chi connectivity index (χ4v) is 4.72. The monoisotopic (exact) mass is 544 g/mol. The van der Waals surface area contributed by atoms with Gasteiger partial charge in [-0.25, -0.2) is 9.59 Å². The molecule has 2 aromatic carbocycles. The van der Waals surface area contributed by atoms with Crippen LogP contribution >= 0.6 is 0 Å². The van der Waals surface area contributed by atoms with Crippen molar-refractivity contribution in [2.24, 2.45) is 11.8 Å². The fraction of sp³-hybridized carbons (Fsp3) is 0.467. The first kappa shape index (κ1) is 29.9. The molecule has 0 radical (unpaired) electrons. The molecule has 0 saturated heterocycles. The van der Waals surface area contributed by atoms with Gasteiger partial charge in [0, 0.05) is 17.5 Å². The molecule has 212 valence electrons. The fourth-order valence-electron chi connectivity index (χ4n) is 4.72. The molecular formula is C30H38F2N2O5. The van der Waals surface area contributed by atoms with Crippen LogP contribution in [-0.4, -0.2) is 31.3 Å². The lowest BCUT2D eigenvalue weighted by atomic mass is 9.79. The summed E-state index contributed by atoms with van der Waals surface area (Å²) in [5.74, 6) is -1.43. The second-order valence-corrected chi connectivity index (χ2v) is 9.97. The van der Waals surface area contributed by atoms with Crippen LogP contribution in [0.3, 0.4) is 0 Å². The summed E-state index contributed by atoms with van der Waals surface area (Å²) in [5, 5.41) is 0. The van der Waals surface area contributed by atoms with E-state index in [0.717, 1.165) is 19.3 Å². The summed E-state index contributed by atoms with van der Waals surface area (Å²) in [6.45, 7) is 1.88. The first-order chi connectivity index (χ1) is 18.7. The molecule has 0 amide bonds.